The van der Waals surface area contributed by atoms with Crippen LogP contribution >= 0.6 is 11.6 Å². The number of carbonyl (C=O) groups is 1. The van der Waals surface area contributed by atoms with Gasteiger partial charge in [-0.15, -0.1) is 0 Å². The van der Waals surface area contributed by atoms with E-state index in [-0.39, 0.29) is 22.0 Å². The van der Waals surface area contributed by atoms with Crippen molar-refractivity contribution in [2.75, 3.05) is 10.6 Å². The average molecular weight is 392 g/mol. The lowest BCUT2D eigenvalue weighted by atomic mass is 10.1. The maximum atomic E-state index is 13.2. The first-order valence-corrected chi connectivity index (χ1v) is 8.16. The van der Waals surface area contributed by atoms with Crippen molar-refractivity contribution >= 4 is 34.6 Å². The summed E-state index contributed by atoms with van der Waals surface area (Å²) in [7, 11) is 0. The largest absolute Gasteiger partial charge is 0.418 e. The van der Waals surface area contributed by atoms with E-state index in [0.29, 0.717) is 5.69 Å². The summed E-state index contributed by atoms with van der Waals surface area (Å²) in [6.07, 6.45) is -1.92. The maximum Gasteiger partial charge on any atom is 0.418 e. The standard InChI is InChI=1S/C19H13ClF3N3O/c20-13-6-7-17(16(9-13)19(21,22)23)25-15-8-12(10-24-11-15)18(27)26-14-4-2-1-3-5-14/h1-11,25H,(H,26,27). The number of para-hydroxylation sites is 1. The second-order valence-electron chi connectivity index (χ2n) is 5.60. The number of anilines is 3. The van der Waals surface area contributed by atoms with Crippen molar-refractivity contribution in [3.05, 3.63) is 83.1 Å². The Hall–Kier alpha value is -3.06. The summed E-state index contributed by atoms with van der Waals surface area (Å²) in [5.74, 6) is -0.426. The molecule has 0 saturated heterocycles. The van der Waals surface area contributed by atoms with Crippen LogP contribution in [-0.4, -0.2) is 10.9 Å². The Morgan fingerprint density at radius 3 is 2.41 bits per heavy atom. The number of alkyl halides is 3. The smallest absolute Gasteiger partial charge is 0.354 e. The van der Waals surface area contributed by atoms with Crippen LogP contribution in [0.5, 0.6) is 0 Å². The Kier molecular flexibility index (Phi) is 5.32. The van der Waals surface area contributed by atoms with Crippen molar-refractivity contribution in [1.29, 1.82) is 0 Å². The normalized spacial score (nSPS) is 11.1. The highest BCUT2D eigenvalue weighted by Crippen LogP contribution is 2.37. The van der Waals surface area contributed by atoms with E-state index < -0.39 is 17.6 Å². The summed E-state index contributed by atoms with van der Waals surface area (Å²) in [5, 5.41) is 5.31. The fourth-order valence-electron chi connectivity index (χ4n) is 2.37. The van der Waals surface area contributed by atoms with Gasteiger partial charge in [-0.2, -0.15) is 13.2 Å². The van der Waals surface area contributed by atoms with Crippen molar-refractivity contribution in [1.82, 2.24) is 4.98 Å². The Morgan fingerprint density at radius 1 is 0.963 bits per heavy atom. The van der Waals surface area contributed by atoms with Crippen LogP contribution in [0, 0.1) is 0 Å². The average Bonchev–Trinajstić information content (AvgIpc) is 2.63. The number of halogens is 4. The Balaban J connectivity index is 1.84. The number of carbonyl (C=O) groups excluding carboxylic acids is 1. The molecule has 2 aromatic carbocycles. The molecule has 2 N–H and O–H groups in total. The van der Waals surface area contributed by atoms with Crippen molar-refractivity contribution in [2.24, 2.45) is 0 Å². The van der Waals surface area contributed by atoms with Gasteiger partial charge >= 0.3 is 6.18 Å². The molecule has 1 heterocycles. The van der Waals surface area contributed by atoms with E-state index in [2.05, 4.69) is 15.6 Å². The number of nitrogens with zero attached hydrogens (tertiary/aromatic N) is 1. The highest BCUT2D eigenvalue weighted by atomic mass is 35.5. The van der Waals surface area contributed by atoms with Crippen LogP contribution in [0.2, 0.25) is 5.02 Å². The number of pyridine rings is 1. The van der Waals surface area contributed by atoms with Crippen LogP contribution in [0.25, 0.3) is 0 Å². The molecule has 3 rings (SSSR count). The van der Waals surface area contributed by atoms with Gasteiger partial charge in [-0.25, -0.2) is 0 Å². The summed E-state index contributed by atoms with van der Waals surface area (Å²) in [6, 6.07) is 13.6. The summed E-state index contributed by atoms with van der Waals surface area (Å²) in [5.41, 5.74) is -0.0590. The molecular formula is C19H13ClF3N3O. The third kappa shape index (κ3) is 4.77. The van der Waals surface area contributed by atoms with Crippen molar-refractivity contribution < 1.29 is 18.0 Å². The first-order valence-electron chi connectivity index (χ1n) is 7.78. The Labute approximate surface area is 158 Å². The molecule has 0 fully saturated rings. The molecule has 8 heteroatoms. The van der Waals surface area contributed by atoms with Crippen LogP contribution in [0.15, 0.2) is 67.0 Å². The molecule has 3 aromatic rings. The zero-order valence-corrected chi connectivity index (χ0v) is 14.5. The number of benzene rings is 2. The summed E-state index contributed by atoms with van der Waals surface area (Å²) in [4.78, 5) is 16.2. The van der Waals surface area contributed by atoms with E-state index in [1.54, 1.807) is 24.3 Å². The van der Waals surface area contributed by atoms with Gasteiger partial charge in [0, 0.05) is 16.9 Å². The fraction of sp³-hybridized carbons (Fsp3) is 0.0526. The molecule has 0 radical (unpaired) electrons. The summed E-state index contributed by atoms with van der Waals surface area (Å²) < 4.78 is 39.6. The number of nitrogens with one attached hydrogen (secondary N) is 2. The van der Waals surface area contributed by atoms with Gasteiger partial charge in [0.05, 0.1) is 28.7 Å². The minimum Gasteiger partial charge on any atom is -0.354 e. The third-order valence-corrected chi connectivity index (χ3v) is 3.83. The number of aromatic nitrogens is 1. The third-order valence-electron chi connectivity index (χ3n) is 3.60. The highest BCUT2D eigenvalue weighted by Gasteiger charge is 2.33. The van der Waals surface area contributed by atoms with E-state index in [1.165, 1.54) is 30.6 Å². The van der Waals surface area contributed by atoms with Gasteiger partial charge in [0.25, 0.3) is 5.91 Å². The maximum absolute atomic E-state index is 13.2. The van der Waals surface area contributed by atoms with Crippen molar-refractivity contribution in [3.63, 3.8) is 0 Å². The lowest BCUT2D eigenvalue weighted by Crippen LogP contribution is -2.13. The van der Waals surface area contributed by atoms with E-state index in [9.17, 15) is 18.0 Å². The second-order valence-corrected chi connectivity index (χ2v) is 6.03. The van der Waals surface area contributed by atoms with E-state index in [0.717, 1.165) is 6.07 Å². The van der Waals surface area contributed by atoms with Crippen LogP contribution in [-0.2, 0) is 6.18 Å². The number of hydrogen-bond donors (Lipinski definition) is 2. The minimum atomic E-state index is -4.58. The monoisotopic (exact) mass is 391 g/mol. The molecule has 0 saturated carbocycles. The lowest BCUT2D eigenvalue weighted by molar-refractivity contribution is -0.136. The molecule has 0 aliphatic rings. The van der Waals surface area contributed by atoms with Gasteiger partial charge in [0.1, 0.15) is 0 Å². The molecular weight excluding hydrogens is 379 g/mol. The lowest BCUT2D eigenvalue weighted by Gasteiger charge is -2.15. The van der Waals surface area contributed by atoms with E-state index in [1.807, 2.05) is 6.07 Å². The second kappa shape index (κ2) is 7.67. The molecule has 0 aliphatic heterocycles. The zero-order chi connectivity index (χ0) is 19.4. The predicted molar refractivity (Wildman–Crippen MR) is 98.4 cm³/mol. The van der Waals surface area contributed by atoms with Crippen molar-refractivity contribution in [2.45, 2.75) is 6.18 Å². The van der Waals surface area contributed by atoms with Crippen LogP contribution in [0.3, 0.4) is 0 Å². The molecule has 0 spiro atoms. The van der Waals surface area contributed by atoms with Gasteiger partial charge in [0.15, 0.2) is 0 Å². The molecule has 1 aromatic heterocycles. The summed E-state index contributed by atoms with van der Waals surface area (Å²) >= 11 is 5.68. The van der Waals surface area contributed by atoms with E-state index in [4.69, 9.17) is 11.6 Å². The first-order chi connectivity index (χ1) is 12.8. The number of rotatable bonds is 4. The first kappa shape index (κ1) is 18.7. The molecule has 0 atom stereocenters. The topological polar surface area (TPSA) is 54.0 Å². The predicted octanol–water partition coefficient (Wildman–Crippen LogP) is 5.75. The minimum absolute atomic E-state index is 0.0259. The van der Waals surface area contributed by atoms with Gasteiger partial charge < -0.3 is 10.6 Å². The fourth-order valence-corrected chi connectivity index (χ4v) is 2.54. The molecule has 0 aliphatic carbocycles. The van der Waals surface area contributed by atoms with Crippen molar-refractivity contribution in [3.8, 4) is 0 Å². The molecule has 0 unspecified atom stereocenters. The molecule has 0 bridgehead atoms. The van der Waals surface area contributed by atoms with Gasteiger partial charge in [-0.3, -0.25) is 9.78 Å². The SMILES string of the molecule is O=C(Nc1ccccc1)c1cncc(Nc2ccc(Cl)cc2C(F)(F)F)c1. The Bertz CT molecular complexity index is 962. The van der Waals surface area contributed by atoms with Gasteiger partial charge in [0.2, 0.25) is 0 Å². The van der Waals surface area contributed by atoms with E-state index >= 15 is 0 Å². The molecule has 138 valence electrons. The molecule has 27 heavy (non-hydrogen) atoms. The molecule has 4 nitrogen and oxygen atoms in total. The molecule has 1 amide bonds. The quantitative estimate of drug-likeness (QED) is 0.595. The number of hydrogen-bond acceptors (Lipinski definition) is 3. The van der Waals surface area contributed by atoms with Gasteiger partial charge in [-0.1, -0.05) is 29.8 Å². The number of amides is 1. The highest BCUT2D eigenvalue weighted by molar-refractivity contribution is 6.30. The van der Waals surface area contributed by atoms with Gasteiger partial charge in [-0.05, 0) is 36.4 Å². The zero-order valence-electron chi connectivity index (χ0n) is 13.7. The summed E-state index contributed by atoms with van der Waals surface area (Å²) in [6.45, 7) is 0. The van der Waals surface area contributed by atoms with Crippen LogP contribution in [0.4, 0.5) is 30.2 Å². The van der Waals surface area contributed by atoms with Crippen LogP contribution < -0.4 is 10.6 Å². The van der Waals surface area contributed by atoms with Crippen LogP contribution in [0.1, 0.15) is 15.9 Å². The Morgan fingerprint density at radius 2 is 1.70 bits per heavy atom.